The van der Waals surface area contributed by atoms with Crippen molar-refractivity contribution in [2.45, 2.75) is 19.9 Å². The van der Waals surface area contributed by atoms with Gasteiger partial charge in [-0.05, 0) is 43.7 Å². The molecule has 0 unspecified atom stereocenters. The molecule has 2 aromatic rings. The summed E-state index contributed by atoms with van der Waals surface area (Å²) in [5, 5.41) is 6.00. The van der Waals surface area contributed by atoms with Crippen LogP contribution in [-0.2, 0) is 19.1 Å². The Balaban J connectivity index is 1.94. The van der Waals surface area contributed by atoms with Crippen molar-refractivity contribution in [2.24, 2.45) is 10.1 Å². The van der Waals surface area contributed by atoms with Gasteiger partial charge >= 0.3 is 11.9 Å². The van der Waals surface area contributed by atoms with Crippen molar-refractivity contribution in [3.63, 3.8) is 0 Å². The molecule has 0 aromatic heterocycles. The minimum absolute atomic E-state index is 0.0438. The second-order valence-corrected chi connectivity index (χ2v) is 7.02. The van der Waals surface area contributed by atoms with Crippen LogP contribution >= 0.6 is 0 Å². The highest BCUT2D eigenvalue weighted by atomic mass is 19.1. The topological polar surface area (TPSA) is 83.8 Å². The number of halogens is 1. The number of allylic oxidation sites excluding steroid dienone is 1. The first-order valence-electron chi connectivity index (χ1n) is 9.99. The quantitative estimate of drug-likeness (QED) is 0.669. The van der Waals surface area contributed by atoms with E-state index in [1.165, 1.54) is 29.2 Å². The van der Waals surface area contributed by atoms with Gasteiger partial charge in [0.05, 0.1) is 36.7 Å². The highest BCUT2D eigenvalue weighted by Crippen LogP contribution is 2.40. The number of carbonyl (C=O) groups is 2. The molecule has 2 heterocycles. The average molecular weight is 436 g/mol. The zero-order chi connectivity index (χ0) is 22.8. The van der Waals surface area contributed by atoms with Crippen molar-refractivity contribution in [3.8, 4) is 0 Å². The summed E-state index contributed by atoms with van der Waals surface area (Å²) in [5.41, 5.74) is 1.85. The molecule has 32 heavy (non-hydrogen) atoms. The first-order valence-corrected chi connectivity index (χ1v) is 9.99. The number of hydrogen-bond acceptors (Lipinski definition) is 8. The minimum atomic E-state index is -0.826. The van der Waals surface area contributed by atoms with Gasteiger partial charge in [-0.1, -0.05) is 30.3 Å². The predicted molar refractivity (Wildman–Crippen MR) is 116 cm³/mol. The summed E-state index contributed by atoms with van der Waals surface area (Å²) in [5.74, 6) is -1.43. The third-order valence-electron chi connectivity index (χ3n) is 5.07. The first-order chi connectivity index (χ1) is 15.5. The summed E-state index contributed by atoms with van der Waals surface area (Å²) in [4.78, 5) is 31.7. The second kappa shape index (κ2) is 8.62. The van der Waals surface area contributed by atoms with Crippen molar-refractivity contribution < 1.29 is 23.5 Å². The van der Waals surface area contributed by atoms with Crippen LogP contribution in [0.1, 0.15) is 25.5 Å². The minimum Gasteiger partial charge on any atom is -0.466 e. The number of guanidine groups is 1. The van der Waals surface area contributed by atoms with E-state index in [1.54, 1.807) is 26.0 Å². The number of methoxy groups -OCH3 is 1. The fourth-order valence-corrected chi connectivity index (χ4v) is 3.67. The van der Waals surface area contributed by atoms with E-state index in [9.17, 15) is 14.0 Å². The second-order valence-electron chi connectivity index (χ2n) is 7.02. The Bertz CT molecular complexity index is 1140. The number of hydrazone groups is 1. The molecule has 2 aromatic carbocycles. The molecule has 0 amide bonds. The first kappa shape index (κ1) is 21.2. The Kier molecular flexibility index (Phi) is 5.72. The van der Waals surface area contributed by atoms with E-state index in [2.05, 4.69) is 10.1 Å². The van der Waals surface area contributed by atoms with E-state index < -0.39 is 23.8 Å². The van der Waals surface area contributed by atoms with E-state index in [0.717, 1.165) is 0 Å². The maximum absolute atomic E-state index is 13.7. The van der Waals surface area contributed by atoms with E-state index in [4.69, 9.17) is 9.47 Å². The maximum atomic E-state index is 13.7. The van der Waals surface area contributed by atoms with Crippen LogP contribution in [-0.4, -0.2) is 42.4 Å². The summed E-state index contributed by atoms with van der Waals surface area (Å²) in [6.07, 6.45) is 0. The van der Waals surface area contributed by atoms with Crippen molar-refractivity contribution >= 4 is 29.4 Å². The summed E-state index contributed by atoms with van der Waals surface area (Å²) in [6, 6.07) is 14.0. The molecule has 9 heteroatoms. The molecule has 8 nitrogen and oxygen atoms in total. The Labute approximate surface area is 184 Å². The Hall–Kier alpha value is -4.01. The van der Waals surface area contributed by atoms with E-state index in [1.807, 2.05) is 30.3 Å². The molecular weight excluding hydrogens is 415 g/mol. The van der Waals surface area contributed by atoms with Crippen molar-refractivity contribution in [1.82, 2.24) is 4.90 Å². The normalized spacial score (nSPS) is 17.6. The van der Waals surface area contributed by atoms with Crippen molar-refractivity contribution in [1.29, 1.82) is 0 Å². The van der Waals surface area contributed by atoms with E-state index in [0.29, 0.717) is 22.9 Å². The smallest absolute Gasteiger partial charge is 0.376 e. The van der Waals surface area contributed by atoms with Crippen LogP contribution in [0.2, 0.25) is 0 Å². The lowest BCUT2D eigenvalue weighted by Gasteiger charge is -2.35. The molecule has 4 rings (SSSR count). The molecule has 0 saturated carbocycles. The fraction of sp³-hybridized carbons (Fsp3) is 0.217. The summed E-state index contributed by atoms with van der Waals surface area (Å²) < 4.78 is 23.9. The molecule has 0 spiro atoms. The number of esters is 2. The molecule has 0 fully saturated rings. The molecule has 0 saturated heterocycles. The highest BCUT2D eigenvalue weighted by Gasteiger charge is 2.47. The Morgan fingerprint density at radius 1 is 1.06 bits per heavy atom. The number of fused-ring (bicyclic) bond motifs is 1. The zero-order valence-corrected chi connectivity index (χ0v) is 17.8. The number of rotatable bonds is 5. The zero-order valence-electron chi connectivity index (χ0n) is 17.8. The molecule has 0 aliphatic carbocycles. The lowest BCUT2D eigenvalue weighted by molar-refractivity contribution is -0.138. The van der Waals surface area contributed by atoms with Gasteiger partial charge in [-0.2, -0.15) is 5.01 Å². The van der Waals surface area contributed by atoms with Gasteiger partial charge in [0.1, 0.15) is 5.82 Å². The molecule has 1 atom stereocenters. The van der Waals surface area contributed by atoms with Crippen LogP contribution in [0.4, 0.5) is 10.1 Å². The number of amidine groups is 1. The average Bonchev–Trinajstić information content (AvgIpc) is 3.18. The number of carbonyl (C=O) groups excluding carboxylic acids is 2. The number of aliphatic imine (C=N–C) groups is 1. The number of hydrogen-bond donors (Lipinski definition) is 0. The summed E-state index contributed by atoms with van der Waals surface area (Å²) >= 11 is 0. The van der Waals surface area contributed by atoms with Gasteiger partial charge in [-0.25, -0.2) is 19.0 Å². The van der Waals surface area contributed by atoms with E-state index >= 15 is 0 Å². The van der Waals surface area contributed by atoms with Crippen LogP contribution < -0.4 is 5.01 Å². The molecule has 0 radical (unpaired) electrons. The standard InChI is InChI=1S/C23H21FN4O4/c1-4-32-22(30)20-26-28(17-8-6-5-7-9-17)23-25-14(2)18(21(29)31-3)19(27(20)23)15-10-12-16(24)13-11-15/h5-13,19H,4H2,1-3H3/t19-/m1/s1. The number of benzene rings is 2. The third kappa shape index (κ3) is 3.62. The van der Waals surface area contributed by atoms with Gasteiger partial charge < -0.3 is 9.47 Å². The Morgan fingerprint density at radius 2 is 1.75 bits per heavy atom. The molecule has 2 aliphatic heterocycles. The maximum Gasteiger partial charge on any atom is 0.376 e. The lowest BCUT2D eigenvalue weighted by Crippen LogP contribution is -2.47. The van der Waals surface area contributed by atoms with Crippen molar-refractivity contribution in [3.05, 3.63) is 77.2 Å². The monoisotopic (exact) mass is 436 g/mol. The lowest BCUT2D eigenvalue weighted by atomic mass is 9.94. The van der Waals surface area contributed by atoms with Crippen LogP contribution in [0, 0.1) is 5.82 Å². The molecule has 0 bridgehead atoms. The van der Waals surface area contributed by atoms with Gasteiger partial charge in [0.15, 0.2) is 0 Å². The predicted octanol–water partition coefficient (Wildman–Crippen LogP) is 3.38. The molecule has 2 aliphatic rings. The number of ether oxygens (including phenoxy) is 2. The number of anilines is 1. The van der Waals surface area contributed by atoms with Gasteiger partial charge in [-0.3, -0.25) is 4.90 Å². The van der Waals surface area contributed by atoms with Crippen LogP contribution in [0.25, 0.3) is 0 Å². The van der Waals surface area contributed by atoms with Crippen LogP contribution in [0.15, 0.2) is 76.0 Å². The van der Waals surface area contributed by atoms with Gasteiger partial charge in [0, 0.05) is 0 Å². The number of para-hydroxylation sites is 1. The summed E-state index contributed by atoms with van der Waals surface area (Å²) in [7, 11) is 1.27. The fourth-order valence-electron chi connectivity index (χ4n) is 3.67. The van der Waals surface area contributed by atoms with Crippen LogP contribution in [0.5, 0.6) is 0 Å². The summed E-state index contributed by atoms with van der Waals surface area (Å²) in [6.45, 7) is 3.51. The van der Waals surface area contributed by atoms with Crippen LogP contribution in [0.3, 0.4) is 0 Å². The Morgan fingerprint density at radius 3 is 2.38 bits per heavy atom. The van der Waals surface area contributed by atoms with Gasteiger partial charge in [0.25, 0.3) is 0 Å². The van der Waals surface area contributed by atoms with Gasteiger partial charge in [0.2, 0.25) is 11.8 Å². The molecular formula is C23H21FN4O4. The van der Waals surface area contributed by atoms with E-state index in [-0.39, 0.29) is 18.0 Å². The van der Waals surface area contributed by atoms with Gasteiger partial charge in [-0.15, -0.1) is 5.10 Å². The molecule has 164 valence electrons. The molecule has 0 N–H and O–H groups in total. The SMILES string of the molecule is CCOC(=O)C1=NN(c2ccccc2)C2=NC(C)=C(C(=O)OC)[C@@H](c3ccc(F)cc3)N12. The van der Waals surface area contributed by atoms with Crippen molar-refractivity contribution in [2.75, 3.05) is 18.7 Å². The largest absolute Gasteiger partial charge is 0.466 e. The third-order valence-corrected chi connectivity index (χ3v) is 5.07. The highest BCUT2D eigenvalue weighted by molar-refractivity contribution is 6.41. The number of nitrogens with zero attached hydrogens (tertiary/aromatic N) is 4.